The monoisotopic (exact) mass is 348 g/mol. The number of unbranched alkanes of at least 4 members (excludes halogenated alkanes) is 1. The third-order valence-corrected chi connectivity index (χ3v) is 3.83. The average Bonchev–Trinajstić information content (AvgIpc) is 2.59. The van der Waals surface area contributed by atoms with Gasteiger partial charge in [0.15, 0.2) is 17.3 Å². The Labute approximate surface area is 149 Å². The van der Waals surface area contributed by atoms with Crippen molar-refractivity contribution in [3.63, 3.8) is 0 Å². The number of phenols is 1. The molecule has 0 amide bonds. The second kappa shape index (κ2) is 11.3. The Morgan fingerprint density at radius 1 is 1.28 bits per heavy atom. The van der Waals surface area contributed by atoms with E-state index in [1.807, 2.05) is 0 Å². The molecule has 0 saturated carbocycles. The van der Waals surface area contributed by atoms with Gasteiger partial charge in [0.25, 0.3) is 0 Å². The number of benzene rings is 1. The van der Waals surface area contributed by atoms with E-state index < -0.39 is 5.97 Å². The zero-order valence-corrected chi connectivity index (χ0v) is 15.3. The maximum atomic E-state index is 11.8. The number of phenolic OH excluding ortho intramolecular Hbond substituents is 1. The molecule has 0 aliphatic rings. The molecule has 1 N–H and O–H groups in total. The first-order valence-electron chi connectivity index (χ1n) is 8.76. The highest BCUT2D eigenvalue weighted by Crippen LogP contribution is 2.27. The number of carbonyl (C=O) groups is 2. The lowest BCUT2D eigenvalue weighted by Gasteiger charge is -2.13. The predicted octanol–water partition coefficient (Wildman–Crippen LogP) is 4.13. The van der Waals surface area contributed by atoms with Crippen LogP contribution in [-0.4, -0.2) is 30.1 Å². The van der Waals surface area contributed by atoms with Crippen LogP contribution in [0.1, 0.15) is 52.0 Å². The van der Waals surface area contributed by atoms with E-state index in [1.54, 1.807) is 18.2 Å². The molecule has 0 heterocycles. The topological polar surface area (TPSA) is 72.8 Å². The molecule has 5 nitrogen and oxygen atoms in total. The van der Waals surface area contributed by atoms with Gasteiger partial charge >= 0.3 is 5.97 Å². The van der Waals surface area contributed by atoms with E-state index in [4.69, 9.17) is 9.47 Å². The largest absolute Gasteiger partial charge is 0.504 e. The molecule has 1 rings (SSSR count). The number of hydrogen-bond acceptors (Lipinski definition) is 5. The molecule has 1 aromatic rings. The van der Waals surface area contributed by atoms with Crippen LogP contribution in [0.25, 0.3) is 6.08 Å². The minimum absolute atomic E-state index is 0.0531. The number of esters is 1. The summed E-state index contributed by atoms with van der Waals surface area (Å²) in [6, 6.07) is 4.67. The van der Waals surface area contributed by atoms with Gasteiger partial charge in [-0.25, -0.2) is 4.79 Å². The van der Waals surface area contributed by atoms with Gasteiger partial charge in [-0.1, -0.05) is 39.2 Å². The third-order valence-electron chi connectivity index (χ3n) is 3.83. The molecule has 0 spiro atoms. The fourth-order valence-electron chi connectivity index (χ4n) is 2.24. The van der Waals surface area contributed by atoms with Gasteiger partial charge in [-0.05, 0) is 43.0 Å². The summed E-state index contributed by atoms with van der Waals surface area (Å²) in [6.45, 7) is 5.97. The van der Waals surface area contributed by atoms with Gasteiger partial charge in [-0.3, -0.25) is 4.79 Å². The average molecular weight is 348 g/mol. The summed E-state index contributed by atoms with van der Waals surface area (Å²) in [5.74, 6) is 0.0169. The van der Waals surface area contributed by atoms with Gasteiger partial charge in [-0.15, -0.1) is 0 Å². The van der Waals surface area contributed by atoms with Crippen LogP contribution in [0, 0.1) is 5.92 Å². The normalized spacial score (nSPS) is 12.1. The van der Waals surface area contributed by atoms with E-state index in [9.17, 15) is 14.7 Å². The van der Waals surface area contributed by atoms with E-state index in [1.165, 1.54) is 19.1 Å². The fraction of sp³-hybridized carbons (Fsp3) is 0.500. The van der Waals surface area contributed by atoms with Crippen LogP contribution in [0.5, 0.6) is 11.5 Å². The summed E-state index contributed by atoms with van der Waals surface area (Å²) in [5.41, 5.74) is 0.673. The van der Waals surface area contributed by atoms with Crippen LogP contribution in [0.2, 0.25) is 0 Å². The SMILES string of the molecule is CCCCC(CC)COC(=O)/C=C/c1ccc(O)c(OCC(C)=O)c1. The molecule has 0 bridgehead atoms. The maximum absolute atomic E-state index is 11.8. The van der Waals surface area contributed by atoms with Crippen molar-refractivity contribution in [2.24, 2.45) is 5.92 Å². The highest BCUT2D eigenvalue weighted by Gasteiger charge is 2.09. The van der Waals surface area contributed by atoms with Crippen LogP contribution in [0.3, 0.4) is 0 Å². The van der Waals surface area contributed by atoms with E-state index in [2.05, 4.69) is 13.8 Å². The zero-order chi connectivity index (χ0) is 18.7. The molecule has 0 aliphatic carbocycles. The molecular formula is C20H28O5. The Kier molecular flexibility index (Phi) is 9.37. The molecule has 0 aromatic heterocycles. The molecule has 1 atom stereocenters. The first-order valence-corrected chi connectivity index (χ1v) is 8.76. The van der Waals surface area contributed by atoms with Gasteiger partial charge < -0.3 is 14.6 Å². The Bertz CT molecular complexity index is 592. The first kappa shape index (κ1) is 20.7. The molecule has 0 fully saturated rings. The van der Waals surface area contributed by atoms with E-state index in [-0.39, 0.29) is 23.9 Å². The number of rotatable bonds is 11. The Morgan fingerprint density at radius 3 is 2.68 bits per heavy atom. The van der Waals surface area contributed by atoms with Crippen molar-refractivity contribution in [3.8, 4) is 11.5 Å². The smallest absolute Gasteiger partial charge is 0.330 e. The van der Waals surface area contributed by atoms with Crippen LogP contribution >= 0.6 is 0 Å². The molecular weight excluding hydrogens is 320 g/mol. The molecule has 0 aliphatic heterocycles. The number of carbonyl (C=O) groups excluding carboxylic acids is 2. The minimum Gasteiger partial charge on any atom is -0.504 e. The number of ether oxygens (including phenoxy) is 2. The Morgan fingerprint density at radius 2 is 2.04 bits per heavy atom. The predicted molar refractivity (Wildman–Crippen MR) is 97.6 cm³/mol. The van der Waals surface area contributed by atoms with Crippen LogP contribution in [-0.2, 0) is 14.3 Å². The van der Waals surface area contributed by atoms with Crippen molar-refractivity contribution in [3.05, 3.63) is 29.8 Å². The summed E-state index contributed by atoms with van der Waals surface area (Å²) >= 11 is 0. The standard InChI is InChI=1S/C20H28O5/c1-4-6-7-16(5-2)14-25-20(23)11-9-17-8-10-18(22)19(12-17)24-13-15(3)21/h8-12,16,22H,4-7,13-14H2,1-3H3/b11-9+. The van der Waals surface area contributed by atoms with Crippen molar-refractivity contribution in [2.45, 2.75) is 46.5 Å². The highest BCUT2D eigenvalue weighted by atomic mass is 16.5. The summed E-state index contributed by atoms with van der Waals surface area (Å²) in [4.78, 5) is 22.8. The summed E-state index contributed by atoms with van der Waals surface area (Å²) in [7, 11) is 0. The number of ketones is 1. The van der Waals surface area contributed by atoms with Crippen molar-refractivity contribution in [1.82, 2.24) is 0 Å². The highest BCUT2D eigenvalue weighted by molar-refractivity contribution is 5.87. The lowest BCUT2D eigenvalue weighted by Crippen LogP contribution is -2.12. The second-order valence-electron chi connectivity index (χ2n) is 6.10. The number of aromatic hydroxyl groups is 1. The molecule has 1 unspecified atom stereocenters. The molecule has 138 valence electrons. The molecule has 0 radical (unpaired) electrons. The molecule has 25 heavy (non-hydrogen) atoms. The lowest BCUT2D eigenvalue weighted by atomic mass is 10.0. The van der Waals surface area contributed by atoms with E-state index >= 15 is 0 Å². The Hall–Kier alpha value is -2.30. The van der Waals surface area contributed by atoms with Crippen molar-refractivity contribution in [1.29, 1.82) is 0 Å². The zero-order valence-electron chi connectivity index (χ0n) is 15.3. The molecule has 5 heteroatoms. The second-order valence-corrected chi connectivity index (χ2v) is 6.10. The van der Waals surface area contributed by atoms with Crippen molar-refractivity contribution in [2.75, 3.05) is 13.2 Å². The van der Waals surface area contributed by atoms with Gasteiger partial charge in [0.2, 0.25) is 0 Å². The summed E-state index contributed by atoms with van der Waals surface area (Å²) in [6.07, 6.45) is 7.29. The van der Waals surface area contributed by atoms with E-state index in [0.29, 0.717) is 18.1 Å². The lowest BCUT2D eigenvalue weighted by molar-refractivity contribution is -0.139. The van der Waals surface area contributed by atoms with Crippen molar-refractivity contribution >= 4 is 17.8 Å². The van der Waals surface area contributed by atoms with Crippen LogP contribution in [0.4, 0.5) is 0 Å². The van der Waals surface area contributed by atoms with Gasteiger partial charge in [0.1, 0.15) is 6.61 Å². The summed E-state index contributed by atoms with van der Waals surface area (Å²) < 4.78 is 10.5. The van der Waals surface area contributed by atoms with Gasteiger partial charge in [0.05, 0.1) is 6.61 Å². The quantitative estimate of drug-likeness (QED) is 0.481. The van der Waals surface area contributed by atoms with Crippen LogP contribution in [0.15, 0.2) is 24.3 Å². The third kappa shape index (κ3) is 8.38. The number of hydrogen-bond donors (Lipinski definition) is 1. The van der Waals surface area contributed by atoms with Gasteiger partial charge in [-0.2, -0.15) is 0 Å². The fourth-order valence-corrected chi connectivity index (χ4v) is 2.24. The van der Waals surface area contributed by atoms with E-state index in [0.717, 1.165) is 25.7 Å². The van der Waals surface area contributed by atoms with Crippen LogP contribution < -0.4 is 4.74 Å². The molecule has 0 saturated heterocycles. The number of Topliss-reactive ketones (excluding diaryl/α,β-unsaturated/α-hetero) is 1. The first-order chi connectivity index (χ1) is 12.0. The minimum atomic E-state index is -0.394. The summed E-state index contributed by atoms with van der Waals surface area (Å²) in [5, 5.41) is 9.72. The van der Waals surface area contributed by atoms with Gasteiger partial charge in [0, 0.05) is 6.08 Å². The maximum Gasteiger partial charge on any atom is 0.330 e. The Balaban J connectivity index is 2.57. The van der Waals surface area contributed by atoms with Crippen molar-refractivity contribution < 1.29 is 24.2 Å². The molecule has 1 aromatic carbocycles.